The van der Waals surface area contributed by atoms with Crippen LogP contribution in [0.5, 0.6) is 0 Å². The van der Waals surface area contributed by atoms with E-state index in [2.05, 4.69) is 0 Å². The van der Waals surface area contributed by atoms with Crippen LogP contribution >= 0.6 is 0 Å². The summed E-state index contributed by atoms with van der Waals surface area (Å²) in [5.74, 6) is -10.2. The third-order valence-corrected chi connectivity index (χ3v) is 8.09. The minimum Gasteiger partial charge on any atom is -0.463 e. The van der Waals surface area contributed by atoms with Crippen molar-refractivity contribution in [1.29, 1.82) is 0 Å². The molecule has 0 radical (unpaired) electrons. The molecule has 52 heavy (non-hydrogen) atoms. The number of ether oxygens (including phenoxy) is 9. The summed E-state index contributed by atoms with van der Waals surface area (Å²) in [4.78, 5) is 77.9. The van der Waals surface area contributed by atoms with Gasteiger partial charge in [0.25, 0.3) is 0 Å². The number of aliphatic hydroxyl groups is 1. The lowest BCUT2D eigenvalue weighted by molar-refractivity contribution is -0.385. The van der Waals surface area contributed by atoms with E-state index in [1.807, 2.05) is 0 Å². The summed E-state index contributed by atoms with van der Waals surface area (Å²) in [5.41, 5.74) is 0. The van der Waals surface area contributed by atoms with Crippen LogP contribution in [0.1, 0.15) is 89.5 Å². The van der Waals surface area contributed by atoms with Gasteiger partial charge in [-0.25, -0.2) is 0 Å². The smallest absolute Gasteiger partial charge is 0.308 e. The fourth-order valence-electron chi connectivity index (χ4n) is 4.80. The molecule has 2 unspecified atom stereocenters. The Labute approximate surface area is 305 Å². The van der Waals surface area contributed by atoms with Gasteiger partial charge in [-0.3, -0.25) is 28.8 Å². The molecular weight excluding hydrogens is 688 g/mol. The van der Waals surface area contributed by atoms with E-state index >= 15 is 0 Å². The van der Waals surface area contributed by atoms with Gasteiger partial charge >= 0.3 is 35.8 Å². The Morgan fingerprint density at radius 1 is 0.596 bits per heavy atom. The first-order valence-corrected chi connectivity index (χ1v) is 17.9. The van der Waals surface area contributed by atoms with Crippen molar-refractivity contribution in [2.24, 2.45) is 35.5 Å². The van der Waals surface area contributed by atoms with E-state index in [0.717, 1.165) is 0 Å². The van der Waals surface area contributed by atoms with Crippen LogP contribution in [-0.4, -0.2) is 109 Å². The average Bonchev–Trinajstić information content (AvgIpc) is 3.40. The molecule has 298 valence electrons. The maximum Gasteiger partial charge on any atom is 0.308 e. The Kier molecular flexibility index (Phi) is 16.9. The van der Waals surface area contributed by atoms with Crippen molar-refractivity contribution in [3.8, 4) is 0 Å². The van der Waals surface area contributed by atoms with Gasteiger partial charge in [0.15, 0.2) is 24.4 Å². The van der Waals surface area contributed by atoms with Gasteiger partial charge in [-0.1, -0.05) is 83.1 Å². The first kappa shape index (κ1) is 44.8. The fourth-order valence-corrected chi connectivity index (χ4v) is 4.80. The quantitative estimate of drug-likeness (QED) is 0.168. The van der Waals surface area contributed by atoms with E-state index in [9.17, 15) is 33.9 Å². The first-order valence-electron chi connectivity index (χ1n) is 17.9. The molecule has 1 N–H and O–H groups in total. The van der Waals surface area contributed by atoms with Gasteiger partial charge in [0.1, 0.15) is 19.3 Å². The van der Waals surface area contributed by atoms with Gasteiger partial charge in [0.2, 0.25) is 12.1 Å². The zero-order valence-electron chi connectivity index (χ0n) is 32.4. The summed E-state index contributed by atoms with van der Waals surface area (Å²) < 4.78 is 53.4. The molecule has 0 aliphatic carbocycles. The monoisotopic (exact) mass is 746 g/mol. The largest absolute Gasteiger partial charge is 0.463 e. The number of aliphatic hydroxyl groups excluding tert-OH is 1. The molecule has 2 rings (SSSR count). The number of hydrogen-bond acceptors (Lipinski definition) is 16. The van der Waals surface area contributed by atoms with E-state index in [-0.39, 0.29) is 6.42 Å². The molecule has 2 saturated heterocycles. The van der Waals surface area contributed by atoms with Crippen molar-refractivity contribution in [2.45, 2.75) is 138 Å². The first-order chi connectivity index (χ1) is 24.1. The van der Waals surface area contributed by atoms with Crippen molar-refractivity contribution in [2.75, 3.05) is 19.8 Å². The summed E-state index contributed by atoms with van der Waals surface area (Å²) in [6, 6.07) is 0. The van der Waals surface area contributed by atoms with Crippen molar-refractivity contribution in [3.05, 3.63) is 0 Å². The molecule has 2 fully saturated rings. The minimum absolute atomic E-state index is 0.104. The van der Waals surface area contributed by atoms with E-state index in [1.54, 1.807) is 83.1 Å². The van der Waals surface area contributed by atoms with Crippen LogP contribution < -0.4 is 0 Å². The predicted molar refractivity (Wildman–Crippen MR) is 180 cm³/mol. The second-order valence-electron chi connectivity index (χ2n) is 14.9. The average molecular weight is 747 g/mol. The molecular formula is C36H58O16. The maximum absolute atomic E-state index is 13.3. The summed E-state index contributed by atoms with van der Waals surface area (Å²) in [5, 5.41) is 10.1. The van der Waals surface area contributed by atoms with Crippen molar-refractivity contribution in [1.82, 2.24) is 0 Å². The van der Waals surface area contributed by atoms with E-state index < -0.39 is 140 Å². The van der Waals surface area contributed by atoms with Gasteiger partial charge in [-0.2, -0.15) is 0 Å². The summed E-state index contributed by atoms with van der Waals surface area (Å²) >= 11 is 0. The summed E-state index contributed by atoms with van der Waals surface area (Å²) in [7, 11) is 0. The zero-order valence-corrected chi connectivity index (χ0v) is 32.4. The van der Waals surface area contributed by atoms with Crippen LogP contribution in [0.4, 0.5) is 0 Å². The summed E-state index contributed by atoms with van der Waals surface area (Å²) in [6.07, 6.45) is -10.4. The Hall–Kier alpha value is -3.34. The van der Waals surface area contributed by atoms with Crippen LogP contribution in [0.3, 0.4) is 0 Å². The second kappa shape index (κ2) is 19.7. The number of rotatable bonds is 17. The van der Waals surface area contributed by atoms with Crippen molar-refractivity contribution < 1.29 is 76.5 Å². The molecule has 0 amide bonds. The molecule has 2 aliphatic rings. The Morgan fingerprint density at radius 3 is 1.48 bits per heavy atom. The highest BCUT2D eigenvalue weighted by Gasteiger charge is 2.60. The van der Waals surface area contributed by atoms with Crippen LogP contribution in [-0.2, 0) is 71.4 Å². The van der Waals surface area contributed by atoms with E-state index in [1.165, 1.54) is 0 Å². The molecule has 2 aliphatic heterocycles. The lowest BCUT2D eigenvalue weighted by Crippen LogP contribution is -2.66. The van der Waals surface area contributed by atoms with Crippen molar-refractivity contribution in [3.63, 3.8) is 0 Å². The topological polar surface area (TPSA) is 206 Å². The zero-order chi connectivity index (χ0) is 39.7. The molecule has 8 atom stereocenters. The Bertz CT molecular complexity index is 1240. The highest BCUT2D eigenvalue weighted by Crippen LogP contribution is 2.40. The highest BCUT2D eigenvalue weighted by molar-refractivity contribution is 5.74. The van der Waals surface area contributed by atoms with Gasteiger partial charge in [0.05, 0.1) is 48.2 Å². The van der Waals surface area contributed by atoms with Gasteiger partial charge in [-0.15, -0.1) is 0 Å². The molecule has 2 heterocycles. The van der Waals surface area contributed by atoms with Crippen LogP contribution in [0.25, 0.3) is 0 Å². The normalized spacial score (nSPS) is 27.6. The molecule has 0 aromatic carbocycles. The van der Waals surface area contributed by atoms with E-state index in [0.29, 0.717) is 0 Å². The molecule has 16 heteroatoms. The van der Waals surface area contributed by atoms with E-state index in [4.69, 9.17) is 42.6 Å². The maximum atomic E-state index is 13.3. The lowest BCUT2D eigenvalue weighted by atomic mass is 9.97. The number of hydrogen-bond donors (Lipinski definition) is 1. The van der Waals surface area contributed by atoms with Crippen LogP contribution in [0.2, 0.25) is 0 Å². The minimum atomic E-state index is -2.18. The molecule has 0 spiro atoms. The predicted octanol–water partition coefficient (Wildman–Crippen LogP) is 2.88. The molecule has 0 saturated carbocycles. The molecule has 0 aromatic heterocycles. The third-order valence-electron chi connectivity index (χ3n) is 8.09. The van der Waals surface area contributed by atoms with Gasteiger partial charge in [0, 0.05) is 6.42 Å². The van der Waals surface area contributed by atoms with Gasteiger partial charge < -0.3 is 47.7 Å². The Balaban J connectivity index is 2.84. The SMILES string of the molecule is CC(C)C(=O)OCC1O[C@H](O[C@]2(COC(=O)C(C)C)O[C@H](CO)C[C@H]2OC(=O)C(C)C)C(OC(=O)C(C)C)[C@@H](OC(=O)C(C)C)[C@@H]1OC(=O)C(C)C. The fraction of sp³-hybridized carbons (Fsp3) is 0.833. The molecule has 0 bridgehead atoms. The van der Waals surface area contributed by atoms with Gasteiger partial charge in [-0.05, 0) is 0 Å². The second-order valence-corrected chi connectivity index (χ2v) is 14.9. The summed E-state index contributed by atoms with van der Waals surface area (Å²) in [6.45, 7) is 17.2. The number of carbonyl (C=O) groups excluding carboxylic acids is 6. The molecule has 0 aromatic rings. The Morgan fingerprint density at radius 2 is 1.02 bits per heavy atom. The highest BCUT2D eigenvalue weighted by atomic mass is 16.8. The van der Waals surface area contributed by atoms with Crippen LogP contribution in [0.15, 0.2) is 0 Å². The molecule has 16 nitrogen and oxygen atoms in total. The number of esters is 6. The van der Waals surface area contributed by atoms with Crippen LogP contribution in [0, 0.1) is 35.5 Å². The lowest BCUT2D eigenvalue weighted by Gasteiger charge is -2.47. The van der Waals surface area contributed by atoms with Crippen molar-refractivity contribution >= 4 is 35.8 Å². The third kappa shape index (κ3) is 12.1. The standard InChI is InChI=1S/C36H58O16/c1-17(2)29(38)44-15-24-26(48-32(41)20(7)8)27(49-33(42)21(9)10)28(50-34(43)22(11)12)35(46-24)52-36(16-45-30(39)18(3)4)25(13-23(14-37)51-36)47-31(40)19(5)6/h17-28,35,37H,13-16H2,1-12H3/t23-,24?,25+,26+,27-,28?,35+,36-/m0/s1. The number of carbonyl (C=O) groups is 6.